The number of amides is 1. The fraction of sp³-hybridized carbons (Fsp3) is 0.571. The quantitative estimate of drug-likeness (QED) is 0.699. The molecule has 1 rings (SSSR count). The van der Waals surface area contributed by atoms with Crippen LogP contribution in [-0.4, -0.2) is 23.6 Å². The number of nitrogens with zero attached hydrogens (tertiary/aromatic N) is 2. The molecule has 0 aliphatic rings. The van der Waals surface area contributed by atoms with Crippen molar-refractivity contribution in [2.45, 2.75) is 39.3 Å². The molecule has 1 amide bonds. The van der Waals surface area contributed by atoms with E-state index >= 15 is 0 Å². The third-order valence-corrected chi connectivity index (χ3v) is 2.89. The molecule has 0 bridgehead atoms. The predicted octanol–water partition coefficient (Wildman–Crippen LogP) is 1.58. The highest BCUT2D eigenvalue weighted by atomic mass is 16.1. The van der Waals surface area contributed by atoms with Gasteiger partial charge in [-0.05, 0) is 24.6 Å². The van der Waals surface area contributed by atoms with Crippen LogP contribution in [0, 0.1) is 11.3 Å². The molecule has 0 fully saturated rings. The molecule has 1 atom stereocenters. The standard InChI is InChI=1S/C14H22N4O/c1-3-5-13(16-4-2)12-6-9-18(10-12)11-14(19)17-8-7-15/h6,9-10,13,16H,3-5,8,11H2,1-2H3,(H,17,19). The summed E-state index contributed by atoms with van der Waals surface area (Å²) in [6.07, 6.45) is 6.10. The van der Waals surface area contributed by atoms with E-state index in [0.717, 1.165) is 19.4 Å². The molecule has 0 aromatic carbocycles. The molecule has 0 saturated heterocycles. The second-order valence-corrected chi connectivity index (χ2v) is 4.45. The van der Waals surface area contributed by atoms with Crippen LogP contribution in [0.2, 0.25) is 0 Å². The first-order valence-corrected chi connectivity index (χ1v) is 6.74. The zero-order valence-corrected chi connectivity index (χ0v) is 11.6. The fourth-order valence-electron chi connectivity index (χ4n) is 2.05. The van der Waals surface area contributed by atoms with Crippen molar-refractivity contribution < 1.29 is 4.79 Å². The molecule has 2 N–H and O–H groups in total. The van der Waals surface area contributed by atoms with Crippen LogP contribution in [0.15, 0.2) is 18.5 Å². The van der Waals surface area contributed by atoms with Gasteiger partial charge >= 0.3 is 0 Å². The number of rotatable bonds is 8. The fourth-order valence-corrected chi connectivity index (χ4v) is 2.05. The Hall–Kier alpha value is -1.80. The van der Waals surface area contributed by atoms with E-state index in [-0.39, 0.29) is 19.0 Å². The van der Waals surface area contributed by atoms with Gasteiger partial charge in [-0.15, -0.1) is 0 Å². The average molecular weight is 262 g/mol. The molecule has 0 aliphatic carbocycles. The summed E-state index contributed by atoms with van der Waals surface area (Å²) >= 11 is 0. The van der Waals surface area contributed by atoms with Gasteiger partial charge in [0.25, 0.3) is 0 Å². The minimum absolute atomic E-state index is 0.0583. The summed E-state index contributed by atoms with van der Waals surface area (Å²) < 4.78 is 1.85. The van der Waals surface area contributed by atoms with Crippen molar-refractivity contribution in [3.8, 4) is 6.07 Å². The number of nitrogens with one attached hydrogen (secondary N) is 2. The summed E-state index contributed by atoms with van der Waals surface area (Å²) in [5.41, 5.74) is 1.21. The lowest BCUT2D eigenvalue weighted by Gasteiger charge is -2.15. The summed E-state index contributed by atoms with van der Waals surface area (Å²) in [5.74, 6) is -0.140. The van der Waals surface area contributed by atoms with Gasteiger partial charge in [-0.25, -0.2) is 0 Å². The predicted molar refractivity (Wildman–Crippen MR) is 74.4 cm³/mol. The van der Waals surface area contributed by atoms with Crippen molar-refractivity contribution in [1.29, 1.82) is 5.26 Å². The highest BCUT2D eigenvalue weighted by Crippen LogP contribution is 2.18. The largest absolute Gasteiger partial charge is 0.345 e. The summed E-state index contributed by atoms with van der Waals surface area (Å²) in [6.45, 7) is 5.50. The Morgan fingerprint density at radius 1 is 1.53 bits per heavy atom. The Balaban J connectivity index is 2.59. The number of carbonyl (C=O) groups excluding carboxylic acids is 1. The number of aromatic nitrogens is 1. The Morgan fingerprint density at radius 2 is 2.32 bits per heavy atom. The van der Waals surface area contributed by atoms with Gasteiger partial charge in [-0.2, -0.15) is 5.26 Å². The minimum Gasteiger partial charge on any atom is -0.345 e. The molecule has 1 aromatic heterocycles. The first-order chi connectivity index (χ1) is 9.21. The van der Waals surface area contributed by atoms with Crippen LogP contribution in [0.5, 0.6) is 0 Å². The second kappa shape index (κ2) is 8.33. The van der Waals surface area contributed by atoms with Crippen LogP contribution in [0.4, 0.5) is 0 Å². The van der Waals surface area contributed by atoms with Crippen molar-refractivity contribution in [1.82, 2.24) is 15.2 Å². The molecular formula is C14H22N4O. The van der Waals surface area contributed by atoms with Gasteiger partial charge < -0.3 is 15.2 Å². The van der Waals surface area contributed by atoms with E-state index in [2.05, 4.69) is 24.5 Å². The van der Waals surface area contributed by atoms with Gasteiger partial charge in [-0.1, -0.05) is 20.3 Å². The number of hydrogen-bond acceptors (Lipinski definition) is 3. The highest BCUT2D eigenvalue weighted by Gasteiger charge is 2.11. The van der Waals surface area contributed by atoms with Gasteiger partial charge in [0.15, 0.2) is 0 Å². The van der Waals surface area contributed by atoms with E-state index in [0.29, 0.717) is 6.04 Å². The molecule has 1 heterocycles. The second-order valence-electron chi connectivity index (χ2n) is 4.45. The van der Waals surface area contributed by atoms with E-state index in [4.69, 9.17) is 5.26 Å². The lowest BCUT2D eigenvalue weighted by atomic mass is 10.1. The minimum atomic E-state index is -0.140. The van der Waals surface area contributed by atoms with E-state index in [1.165, 1.54) is 5.56 Å². The lowest BCUT2D eigenvalue weighted by molar-refractivity contribution is -0.121. The maximum Gasteiger partial charge on any atom is 0.240 e. The summed E-state index contributed by atoms with van der Waals surface area (Å²) in [7, 11) is 0. The molecule has 1 unspecified atom stereocenters. The smallest absolute Gasteiger partial charge is 0.240 e. The number of hydrogen-bond donors (Lipinski definition) is 2. The molecule has 0 radical (unpaired) electrons. The van der Waals surface area contributed by atoms with Crippen LogP contribution < -0.4 is 10.6 Å². The van der Waals surface area contributed by atoms with Gasteiger partial charge in [0.05, 0.1) is 6.07 Å². The van der Waals surface area contributed by atoms with Crippen molar-refractivity contribution in [3.05, 3.63) is 24.0 Å². The maximum atomic E-state index is 11.5. The van der Waals surface area contributed by atoms with Crippen molar-refractivity contribution >= 4 is 5.91 Å². The van der Waals surface area contributed by atoms with E-state index in [1.807, 2.05) is 29.1 Å². The van der Waals surface area contributed by atoms with E-state index < -0.39 is 0 Å². The van der Waals surface area contributed by atoms with Crippen LogP contribution in [0.3, 0.4) is 0 Å². The Kier molecular flexibility index (Phi) is 6.69. The zero-order chi connectivity index (χ0) is 14.1. The van der Waals surface area contributed by atoms with Gasteiger partial charge in [0.1, 0.15) is 13.1 Å². The summed E-state index contributed by atoms with van der Waals surface area (Å²) in [6, 6.07) is 4.28. The van der Waals surface area contributed by atoms with Crippen molar-refractivity contribution in [2.24, 2.45) is 0 Å². The Labute approximate surface area is 114 Å². The van der Waals surface area contributed by atoms with Gasteiger partial charge in [0, 0.05) is 18.4 Å². The molecule has 5 heteroatoms. The van der Waals surface area contributed by atoms with E-state index in [1.54, 1.807) is 0 Å². The normalized spacial score (nSPS) is 11.8. The maximum absolute atomic E-state index is 11.5. The first-order valence-electron chi connectivity index (χ1n) is 6.74. The third kappa shape index (κ3) is 5.14. The number of nitriles is 1. The van der Waals surface area contributed by atoms with Crippen molar-refractivity contribution in [2.75, 3.05) is 13.1 Å². The zero-order valence-electron chi connectivity index (χ0n) is 11.6. The first kappa shape index (κ1) is 15.3. The Bertz CT molecular complexity index is 427. The highest BCUT2D eigenvalue weighted by molar-refractivity contribution is 5.75. The van der Waals surface area contributed by atoms with E-state index in [9.17, 15) is 4.79 Å². The molecule has 5 nitrogen and oxygen atoms in total. The molecule has 1 aromatic rings. The Morgan fingerprint density at radius 3 is 2.95 bits per heavy atom. The number of carbonyl (C=O) groups is 1. The summed E-state index contributed by atoms with van der Waals surface area (Å²) in [4.78, 5) is 11.5. The van der Waals surface area contributed by atoms with Crippen LogP contribution in [0.25, 0.3) is 0 Å². The molecule has 104 valence electrons. The van der Waals surface area contributed by atoms with Crippen LogP contribution in [0.1, 0.15) is 38.3 Å². The molecular weight excluding hydrogens is 240 g/mol. The van der Waals surface area contributed by atoms with Crippen LogP contribution in [-0.2, 0) is 11.3 Å². The molecule has 0 spiro atoms. The topological polar surface area (TPSA) is 69.8 Å². The van der Waals surface area contributed by atoms with Gasteiger partial charge in [0.2, 0.25) is 5.91 Å². The molecule has 0 saturated carbocycles. The molecule has 19 heavy (non-hydrogen) atoms. The third-order valence-electron chi connectivity index (χ3n) is 2.89. The average Bonchev–Trinajstić information content (AvgIpc) is 2.84. The van der Waals surface area contributed by atoms with Crippen LogP contribution >= 0.6 is 0 Å². The van der Waals surface area contributed by atoms with Crippen molar-refractivity contribution in [3.63, 3.8) is 0 Å². The summed E-state index contributed by atoms with van der Waals surface area (Å²) in [5, 5.41) is 14.4. The SMILES string of the molecule is CCCC(NCC)c1ccn(CC(=O)NCC#N)c1. The monoisotopic (exact) mass is 262 g/mol. The lowest BCUT2D eigenvalue weighted by Crippen LogP contribution is -2.27. The molecule has 0 aliphatic heterocycles. The van der Waals surface area contributed by atoms with Gasteiger partial charge in [-0.3, -0.25) is 4.79 Å².